The SMILES string of the molecule is COCCCNC(=O)[C@@H](C)n1nc(C)c2sc3ccccc3c2c1=O. The van der Waals surface area contributed by atoms with Crippen LogP contribution in [0.5, 0.6) is 0 Å². The number of rotatable bonds is 6. The van der Waals surface area contributed by atoms with Crippen LogP contribution in [-0.2, 0) is 9.53 Å². The van der Waals surface area contributed by atoms with Crippen molar-refractivity contribution >= 4 is 37.4 Å². The first kappa shape index (κ1) is 17.6. The lowest BCUT2D eigenvalue weighted by Gasteiger charge is -2.15. The first-order valence-electron chi connectivity index (χ1n) is 8.22. The Kier molecular flexibility index (Phi) is 5.15. The first-order chi connectivity index (χ1) is 12.0. The molecule has 1 aromatic carbocycles. The van der Waals surface area contributed by atoms with Gasteiger partial charge in [0.15, 0.2) is 0 Å². The van der Waals surface area contributed by atoms with Crippen molar-refractivity contribution in [3.63, 3.8) is 0 Å². The summed E-state index contributed by atoms with van der Waals surface area (Å²) < 4.78 is 8.19. The molecule has 1 atom stereocenters. The number of fused-ring (bicyclic) bond motifs is 3. The van der Waals surface area contributed by atoms with Gasteiger partial charge in [0.1, 0.15) is 6.04 Å². The molecule has 0 aliphatic heterocycles. The maximum Gasteiger partial charge on any atom is 0.276 e. The second kappa shape index (κ2) is 7.33. The Morgan fingerprint density at radius 1 is 1.40 bits per heavy atom. The van der Waals surface area contributed by atoms with Crippen molar-refractivity contribution in [2.45, 2.75) is 26.3 Å². The van der Waals surface area contributed by atoms with E-state index in [1.54, 1.807) is 25.4 Å². The topological polar surface area (TPSA) is 73.2 Å². The number of benzene rings is 1. The second-order valence-electron chi connectivity index (χ2n) is 5.95. The lowest BCUT2D eigenvalue weighted by molar-refractivity contribution is -0.124. The van der Waals surface area contributed by atoms with Crippen LogP contribution in [0.3, 0.4) is 0 Å². The largest absolute Gasteiger partial charge is 0.385 e. The number of ether oxygens (including phenoxy) is 1. The third-order valence-electron chi connectivity index (χ3n) is 4.17. The van der Waals surface area contributed by atoms with Crippen molar-refractivity contribution in [3.05, 3.63) is 40.3 Å². The average molecular weight is 359 g/mol. The summed E-state index contributed by atoms with van der Waals surface area (Å²) >= 11 is 1.56. The number of aromatic nitrogens is 2. The lowest BCUT2D eigenvalue weighted by Crippen LogP contribution is -2.38. The molecule has 2 aromatic heterocycles. The van der Waals surface area contributed by atoms with Gasteiger partial charge in [-0.1, -0.05) is 18.2 Å². The van der Waals surface area contributed by atoms with Crippen molar-refractivity contribution in [1.82, 2.24) is 15.1 Å². The van der Waals surface area contributed by atoms with Crippen LogP contribution in [0, 0.1) is 6.92 Å². The third-order valence-corrected chi connectivity index (χ3v) is 5.45. The van der Waals surface area contributed by atoms with E-state index in [-0.39, 0.29) is 11.5 Å². The Hall–Kier alpha value is -2.25. The molecule has 132 valence electrons. The van der Waals surface area contributed by atoms with Gasteiger partial charge >= 0.3 is 0 Å². The molecule has 0 bridgehead atoms. The van der Waals surface area contributed by atoms with Crippen molar-refractivity contribution in [3.8, 4) is 0 Å². The molecule has 7 heteroatoms. The van der Waals surface area contributed by atoms with E-state index in [1.165, 1.54) is 4.68 Å². The normalized spacial score (nSPS) is 12.6. The van der Waals surface area contributed by atoms with Crippen LogP contribution in [0.2, 0.25) is 0 Å². The summed E-state index contributed by atoms with van der Waals surface area (Å²) in [5, 5.41) is 8.78. The number of amides is 1. The van der Waals surface area contributed by atoms with Crippen LogP contribution in [0.15, 0.2) is 29.1 Å². The molecule has 6 nitrogen and oxygen atoms in total. The summed E-state index contributed by atoms with van der Waals surface area (Å²) in [6.07, 6.45) is 0.727. The maximum atomic E-state index is 13.0. The number of methoxy groups -OCH3 is 1. The smallest absolute Gasteiger partial charge is 0.276 e. The summed E-state index contributed by atoms with van der Waals surface area (Å²) in [6, 6.07) is 7.13. The van der Waals surface area contributed by atoms with E-state index >= 15 is 0 Å². The van der Waals surface area contributed by atoms with E-state index in [2.05, 4.69) is 10.4 Å². The summed E-state index contributed by atoms with van der Waals surface area (Å²) in [7, 11) is 1.62. The van der Waals surface area contributed by atoms with E-state index < -0.39 is 6.04 Å². The molecule has 25 heavy (non-hydrogen) atoms. The molecule has 3 aromatic rings. The zero-order valence-corrected chi connectivity index (χ0v) is 15.4. The summed E-state index contributed by atoms with van der Waals surface area (Å²) in [6.45, 7) is 4.66. The number of hydrogen-bond donors (Lipinski definition) is 1. The number of hydrogen-bond acceptors (Lipinski definition) is 5. The van der Waals surface area contributed by atoms with Gasteiger partial charge in [0.25, 0.3) is 5.56 Å². The maximum absolute atomic E-state index is 13.0. The van der Waals surface area contributed by atoms with Gasteiger partial charge in [-0.3, -0.25) is 9.59 Å². The number of carbonyl (C=O) groups excluding carboxylic acids is 1. The second-order valence-corrected chi connectivity index (χ2v) is 7.00. The van der Waals surface area contributed by atoms with Crippen molar-refractivity contribution in [2.75, 3.05) is 20.3 Å². The molecule has 3 rings (SSSR count). The molecule has 0 fully saturated rings. The van der Waals surface area contributed by atoms with Gasteiger partial charge in [-0.25, -0.2) is 4.68 Å². The molecule has 0 spiro atoms. The van der Waals surface area contributed by atoms with Crippen molar-refractivity contribution < 1.29 is 9.53 Å². The molecule has 0 aliphatic carbocycles. The number of nitrogens with zero attached hydrogens (tertiary/aromatic N) is 2. The molecular weight excluding hydrogens is 338 g/mol. The Labute approximate surface area is 149 Å². The van der Waals surface area contributed by atoms with Crippen LogP contribution in [0.25, 0.3) is 20.2 Å². The Morgan fingerprint density at radius 3 is 2.92 bits per heavy atom. The standard InChI is InChI=1S/C18H21N3O3S/c1-11-16-15(13-7-4-5-8-14(13)25-16)18(23)21(20-11)12(2)17(22)19-9-6-10-24-3/h4-5,7-8,12H,6,9-10H2,1-3H3,(H,19,22)/t12-/m1/s1. The first-order valence-corrected chi connectivity index (χ1v) is 9.03. The Morgan fingerprint density at radius 2 is 2.16 bits per heavy atom. The van der Waals surface area contributed by atoms with Gasteiger partial charge in [0.05, 0.1) is 15.8 Å². The van der Waals surface area contributed by atoms with E-state index in [9.17, 15) is 9.59 Å². The lowest BCUT2D eigenvalue weighted by atomic mass is 10.2. The highest BCUT2D eigenvalue weighted by Crippen LogP contribution is 2.32. The predicted octanol–water partition coefficient (Wildman–Crippen LogP) is 2.63. The molecule has 0 saturated heterocycles. The van der Waals surface area contributed by atoms with Gasteiger partial charge in [-0.2, -0.15) is 5.10 Å². The van der Waals surface area contributed by atoms with Gasteiger partial charge in [-0.15, -0.1) is 11.3 Å². The van der Waals surface area contributed by atoms with Crippen molar-refractivity contribution in [2.24, 2.45) is 0 Å². The highest BCUT2D eigenvalue weighted by molar-refractivity contribution is 7.26. The van der Waals surface area contributed by atoms with Crippen LogP contribution < -0.4 is 10.9 Å². The quantitative estimate of drug-likeness (QED) is 0.687. The minimum Gasteiger partial charge on any atom is -0.385 e. The minimum atomic E-state index is -0.670. The Bertz CT molecular complexity index is 977. The highest BCUT2D eigenvalue weighted by Gasteiger charge is 2.21. The molecule has 2 heterocycles. The van der Waals surface area contributed by atoms with Gasteiger partial charge in [0, 0.05) is 30.3 Å². The van der Waals surface area contributed by atoms with Gasteiger partial charge in [-0.05, 0) is 26.3 Å². The molecule has 0 saturated carbocycles. The van der Waals surface area contributed by atoms with Crippen molar-refractivity contribution in [1.29, 1.82) is 0 Å². The number of aryl methyl sites for hydroxylation is 1. The number of nitrogens with one attached hydrogen (secondary N) is 1. The van der Waals surface area contributed by atoms with Crippen LogP contribution in [-0.4, -0.2) is 35.9 Å². The molecule has 0 aliphatic rings. The van der Waals surface area contributed by atoms with Gasteiger partial charge < -0.3 is 10.1 Å². The monoisotopic (exact) mass is 359 g/mol. The van der Waals surface area contributed by atoms with E-state index in [0.29, 0.717) is 18.5 Å². The van der Waals surface area contributed by atoms with E-state index in [1.807, 2.05) is 31.2 Å². The zero-order valence-electron chi connectivity index (χ0n) is 14.5. The van der Waals surface area contributed by atoms with Crippen LogP contribution >= 0.6 is 11.3 Å². The van der Waals surface area contributed by atoms with E-state index in [0.717, 1.165) is 26.9 Å². The fourth-order valence-corrected chi connectivity index (χ4v) is 3.96. The van der Waals surface area contributed by atoms with E-state index in [4.69, 9.17) is 4.74 Å². The molecule has 1 amide bonds. The molecule has 1 N–H and O–H groups in total. The molecule has 0 unspecified atom stereocenters. The molecular formula is C18H21N3O3S. The average Bonchev–Trinajstić information content (AvgIpc) is 3.01. The van der Waals surface area contributed by atoms with Crippen LogP contribution in [0.4, 0.5) is 0 Å². The predicted molar refractivity (Wildman–Crippen MR) is 100 cm³/mol. The van der Waals surface area contributed by atoms with Gasteiger partial charge in [0.2, 0.25) is 5.91 Å². The Balaban J connectivity index is 1.99. The summed E-state index contributed by atoms with van der Waals surface area (Å²) in [4.78, 5) is 25.3. The fraction of sp³-hybridized carbons (Fsp3) is 0.389. The minimum absolute atomic E-state index is 0.219. The number of carbonyl (C=O) groups is 1. The summed E-state index contributed by atoms with van der Waals surface area (Å²) in [5.41, 5.74) is 0.535. The zero-order chi connectivity index (χ0) is 18.0. The fourth-order valence-electron chi connectivity index (χ4n) is 2.83. The van der Waals surface area contributed by atoms with Crippen LogP contribution in [0.1, 0.15) is 25.1 Å². The summed E-state index contributed by atoms with van der Waals surface area (Å²) in [5.74, 6) is -0.219. The molecule has 0 radical (unpaired) electrons. The highest BCUT2D eigenvalue weighted by atomic mass is 32.1. The number of thiophene rings is 1. The third kappa shape index (κ3) is 3.29.